The maximum Gasteiger partial charge on any atom is 0.275 e. The summed E-state index contributed by atoms with van der Waals surface area (Å²) in [6, 6.07) is 5.52. The number of aromatic nitrogens is 2. The van der Waals surface area contributed by atoms with Crippen molar-refractivity contribution in [3.63, 3.8) is 0 Å². The second-order valence-electron chi connectivity index (χ2n) is 6.32. The van der Waals surface area contributed by atoms with Crippen LogP contribution in [0.15, 0.2) is 27.5 Å². The summed E-state index contributed by atoms with van der Waals surface area (Å²) >= 11 is 3.44. The maximum absolute atomic E-state index is 12.7. The van der Waals surface area contributed by atoms with E-state index in [4.69, 9.17) is 4.74 Å². The van der Waals surface area contributed by atoms with Gasteiger partial charge in [0.25, 0.3) is 5.56 Å². The molecule has 1 aromatic heterocycles. The van der Waals surface area contributed by atoms with Gasteiger partial charge in [0.2, 0.25) is 5.91 Å². The summed E-state index contributed by atoms with van der Waals surface area (Å²) in [5.41, 5.74) is 0.558. The molecule has 24 heavy (non-hydrogen) atoms. The first-order valence-corrected chi connectivity index (χ1v) is 8.82. The molecule has 1 N–H and O–H groups in total. The third-order valence-corrected chi connectivity index (χ3v) is 4.58. The molecule has 1 unspecified atom stereocenters. The lowest BCUT2D eigenvalue weighted by atomic mass is 10.0. The molecule has 128 valence electrons. The van der Waals surface area contributed by atoms with E-state index in [1.54, 1.807) is 6.07 Å². The molecule has 0 bridgehead atoms. The average Bonchev–Trinajstić information content (AvgIpc) is 3.02. The lowest BCUT2D eigenvalue weighted by Crippen LogP contribution is -2.40. The monoisotopic (exact) mass is 393 g/mol. The Bertz CT molecular complexity index is 826. The molecule has 3 rings (SSSR count). The summed E-state index contributed by atoms with van der Waals surface area (Å²) in [7, 11) is 0. The van der Waals surface area contributed by atoms with E-state index in [9.17, 15) is 9.59 Å². The van der Waals surface area contributed by atoms with E-state index in [1.165, 1.54) is 4.68 Å². The van der Waals surface area contributed by atoms with Crippen LogP contribution in [-0.4, -0.2) is 34.9 Å². The largest absolute Gasteiger partial charge is 0.379 e. The molecule has 1 aromatic carbocycles. The van der Waals surface area contributed by atoms with Crippen LogP contribution in [0.4, 0.5) is 0 Å². The molecule has 0 spiro atoms. The SMILES string of the molecule is CC(C)c1nn(CC(=O)NC2CCOC2)c(=O)c2ccc(Br)cc12. The number of halogens is 1. The van der Waals surface area contributed by atoms with Crippen LogP contribution in [0.3, 0.4) is 0 Å². The smallest absolute Gasteiger partial charge is 0.275 e. The van der Waals surface area contributed by atoms with E-state index in [1.807, 2.05) is 26.0 Å². The minimum absolute atomic E-state index is 0.0224. The van der Waals surface area contributed by atoms with Crippen molar-refractivity contribution in [2.24, 2.45) is 0 Å². The highest BCUT2D eigenvalue weighted by atomic mass is 79.9. The fraction of sp³-hybridized carbons (Fsp3) is 0.471. The Kier molecular flexibility index (Phi) is 5.01. The molecule has 1 saturated heterocycles. The predicted molar refractivity (Wildman–Crippen MR) is 95.2 cm³/mol. The molecule has 0 saturated carbocycles. The third-order valence-electron chi connectivity index (χ3n) is 4.09. The zero-order valence-corrected chi connectivity index (χ0v) is 15.3. The highest BCUT2D eigenvalue weighted by molar-refractivity contribution is 9.10. The number of amides is 1. The summed E-state index contributed by atoms with van der Waals surface area (Å²) in [6.07, 6.45) is 0.803. The first-order chi connectivity index (χ1) is 11.5. The van der Waals surface area contributed by atoms with Gasteiger partial charge < -0.3 is 10.1 Å². The number of nitrogens with zero attached hydrogens (tertiary/aromatic N) is 2. The van der Waals surface area contributed by atoms with Crippen molar-refractivity contribution in [3.8, 4) is 0 Å². The normalized spacial score (nSPS) is 17.6. The molecule has 1 atom stereocenters. The van der Waals surface area contributed by atoms with E-state index >= 15 is 0 Å². The van der Waals surface area contributed by atoms with Crippen molar-refractivity contribution in [2.45, 2.75) is 38.8 Å². The molecular formula is C17H20BrN3O3. The Morgan fingerprint density at radius 2 is 2.25 bits per heavy atom. The van der Waals surface area contributed by atoms with Gasteiger partial charge >= 0.3 is 0 Å². The second-order valence-corrected chi connectivity index (χ2v) is 7.24. The Morgan fingerprint density at radius 1 is 1.46 bits per heavy atom. The van der Waals surface area contributed by atoms with E-state index < -0.39 is 0 Å². The summed E-state index contributed by atoms with van der Waals surface area (Å²) < 4.78 is 7.41. The first-order valence-electron chi connectivity index (χ1n) is 8.03. The lowest BCUT2D eigenvalue weighted by Gasteiger charge is -2.15. The Morgan fingerprint density at radius 3 is 2.92 bits per heavy atom. The molecule has 2 aromatic rings. The summed E-state index contributed by atoms with van der Waals surface area (Å²) in [4.78, 5) is 24.9. The number of nitrogens with one attached hydrogen (secondary N) is 1. The predicted octanol–water partition coefficient (Wildman–Crippen LogP) is 2.19. The molecule has 1 aliphatic rings. The quantitative estimate of drug-likeness (QED) is 0.863. The number of rotatable bonds is 4. The lowest BCUT2D eigenvalue weighted by molar-refractivity contribution is -0.122. The van der Waals surface area contributed by atoms with Gasteiger partial charge in [0.1, 0.15) is 6.54 Å². The van der Waals surface area contributed by atoms with Gasteiger partial charge in [-0.3, -0.25) is 9.59 Å². The van der Waals surface area contributed by atoms with E-state index in [0.29, 0.717) is 18.6 Å². The minimum Gasteiger partial charge on any atom is -0.379 e. The number of fused-ring (bicyclic) bond motifs is 1. The number of hydrogen-bond acceptors (Lipinski definition) is 4. The Labute approximate surface area is 148 Å². The van der Waals surface area contributed by atoms with Gasteiger partial charge in [-0.05, 0) is 30.5 Å². The number of benzene rings is 1. The minimum atomic E-state index is -0.250. The Balaban J connectivity index is 1.95. The fourth-order valence-corrected chi connectivity index (χ4v) is 3.24. The van der Waals surface area contributed by atoms with Crippen LogP contribution in [0.25, 0.3) is 10.8 Å². The second kappa shape index (κ2) is 7.03. The summed E-state index contributed by atoms with van der Waals surface area (Å²) in [6.45, 7) is 5.14. The Hall–Kier alpha value is -1.73. The van der Waals surface area contributed by atoms with Crippen LogP contribution in [0.1, 0.15) is 31.9 Å². The van der Waals surface area contributed by atoms with Crippen molar-refractivity contribution in [1.29, 1.82) is 0 Å². The third kappa shape index (κ3) is 3.52. The van der Waals surface area contributed by atoms with Gasteiger partial charge in [0.15, 0.2) is 0 Å². The summed E-state index contributed by atoms with van der Waals surface area (Å²) in [5.74, 6) is -0.0776. The van der Waals surface area contributed by atoms with E-state index in [2.05, 4.69) is 26.3 Å². The maximum atomic E-state index is 12.7. The van der Waals surface area contributed by atoms with Crippen molar-refractivity contribution >= 4 is 32.6 Å². The zero-order valence-electron chi connectivity index (χ0n) is 13.7. The van der Waals surface area contributed by atoms with Crippen molar-refractivity contribution in [2.75, 3.05) is 13.2 Å². The van der Waals surface area contributed by atoms with Crippen LogP contribution in [-0.2, 0) is 16.1 Å². The number of hydrogen-bond donors (Lipinski definition) is 1. The van der Waals surface area contributed by atoms with Gasteiger partial charge in [0, 0.05) is 16.5 Å². The van der Waals surface area contributed by atoms with Crippen LogP contribution < -0.4 is 10.9 Å². The molecule has 0 aliphatic carbocycles. The highest BCUT2D eigenvalue weighted by Gasteiger charge is 2.20. The molecule has 1 fully saturated rings. The van der Waals surface area contributed by atoms with Gasteiger partial charge in [0.05, 0.1) is 23.7 Å². The van der Waals surface area contributed by atoms with E-state index in [-0.39, 0.29) is 30.0 Å². The summed E-state index contributed by atoms with van der Waals surface area (Å²) in [5, 5.41) is 8.74. The van der Waals surface area contributed by atoms with Gasteiger partial charge in [-0.15, -0.1) is 0 Å². The molecule has 1 amide bonds. The van der Waals surface area contributed by atoms with Crippen molar-refractivity contribution in [1.82, 2.24) is 15.1 Å². The van der Waals surface area contributed by atoms with Crippen LogP contribution in [0.2, 0.25) is 0 Å². The standard InChI is InChI=1S/C17H20BrN3O3/c1-10(2)16-14-7-11(18)3-4-13(14)17(23)21(20-16)8-15(22)19-12-5-6-24-9-12/h3-4,7,10,12H,5-6,8-9H2,1-2H3,(H,19,22). The first kappa shape index (κ1) is 17.1. The van der Waals surface area contributed by atoms with Gasteiger partial charge in [-0.2, -0.15) is 5.10 Å². The molecule has 6 nitrogen and oxygen atoms in total. The molecule has 0 radical (unpaired) electrons. The average molecular weight is 394 g/mol. The van der Waals surface area contributed by atoms with E-state index in [0.717, 1.165) is 22.0 Å². The fourth-order valence-electron chi connectivity index (χ4n) is 2.87. The highest BCUT2D eigenvalue weighted by Crippen LogP contribution is 2.24. The van der Waals surface area contributed by atoms with Gasteiger partial charge in [-0.25, -0.2) is 4.68 Å². The molecule has 2 heterocycles. The van der Waals surface area contributed by atoms with Crippen LogP contribution >= 0.6 is 15.9 Å². The topological polar surface area (TPSA) is 73.2 Å². The number of carbonyl (C=O) groups excluding carboxylic acids is 1. The zero-order chi connectivity index (χ0) is 17.3. The number of ether oxygens (including phenoxy) is 1. The van der Waals surface area contributed by atoms with Crippen LogP contribution in [0.5, 0.6) is 0 Å². The molecule has 7 heteroatoms. The number of carbonyl (C=O) groups is 1. The molecular weight excluding hydrogens is 374 g/mol. The van der Waals surface area contributed by atoms with Crippen molar-refractivity contribution < 1.29 is 9.53 Å². The van der Waals surface area contributed by atoms with Crippen molar-refractivity contribution in [3.05, 3.63) is 38.7 Å². The van der Waals surface area contributed by atoms with Crippen LogP contribution in [0, 0.1) is 0 Å². The molecule has 1 aliphatic heterocycles. The van der Waals surface area contributed by atoms with Gasteiger partial charge in [-0.1, -0.05) is 29.8 Å².